The highest BCUT2D eigenvalue weighted by atomic mass is 31.2. The zero-order chi connectivity index (χ0) is 41.5. The van der Waals surface area contributed by atoms with Crippen LogP contribution in [0.15, 0.2) is 140 Å². The van der Waals surface area contributed by atoms with Crippen molar-refractivity contribution in [1.82, 2.24) is 15.7 Å². The maximum atomic E-state index is 15.3. The number of rotatable bonds is 20. The molecule has 11 nitrogen and oxygen atoms in total. The van der Waals surface area contributed by atoms with Gasteiger partial charge in [0.2, 0.25) is 0 Å². The van der Waals surface area contributed by atoms with Crippen LogP contribution in [0.4, 0.5) is 9.59 Å². The summed E-state index contributed by atoms with van der Waals surface area (Å²) in [6.45, 7) is 4.09. The molecule has 3 atom stereocenters. The summed E-state index contributed by atoms with van der Waals surface area (Å²) in [7, 11) is -4.13. The van der Waals surface area contributed by atoms with E-state index >= 15 is 4.57 Å². The zero-order valence-electron chi connectivity index (χ0n) is 33.5. The van der Waals surface area contributed by atoms with Gasteiger partial charge in [0.05, 0.1) is 6.61 Å². The van der Waals surface area contributed by atoms with E-state index in [0.29, 0.717) is 19.4 Å². The molecule has 0 bridgehead atoms. The van der Waals surface area contributed by atoms with E-state index in [9.17, 15) is 14.4 Å². The summed E-state index contributed by atoms with van der Waals surface area (Å²) in [6.07, 6.45) is -0.177. The van der Waals surface area contributed by atoms with Crippen LogP contribution in [0.25, 0.3) is 11.1 Å². The molecular weight excluding hydrogens is 766 g/mol. The standard InChI is InChI=1S/C47H52N3O8P/c1-34(2)44(49-47(53)57-33-42-40-26-14-12-24-38(40)39-25-13-15-27-41(39)42)59(54,58-32-37-22-10-5-11-23-37)50-43(45(51)55-30-35-18-6-3-7-19-35)28-16-17-29-48-46(52)56-31-36-20-8-4-9-21-36/h3-15,18-27,34,42-44H,16-17,28-33H2,1-2H3,(H,48,52)(H,49,53)(H,50,54)/t43-,44?,59?/m0/s1. The predicted molar refractivity (Wildman–Crippen MR) is 227 cm³/mol. The minimum atomic E-state index is -4.13. The number of ether oxygens (including phenoxy) is 3. The topological polar surface area (TPSA) is 141 Å². The Morgan fingerprint density at radius 1 is 0.610 bits per heavy atom. The van der Waals surface area contributed by atoms with Gasteiger partial charge in [-0.1, -0.05) is 153 Å². The van der Waals surface area contributed by atoms with E-state index in [1.54, 1.807) is 0 Å². The number of amides is 2. The van der Waals surface area contributed by atoms with Crippen LogP contribution >= 0.6 is 7.52 Å². The van der Waals surface area contributed by atoms with Gasteiger partial charge in [-0.25, -0.2) is 14.7 Å². The fourth-order valence-corrected chi connectivity index (χ4v) is 9.53. The molecule has 2 amide bonds. The van der Waals surface area contributed by atoms with Gasteiger partial charge in [0.25, 0.3) is 7.52 Å². The van der Waals surface area contributed by atoms with Crippen molar-refractivity contribution >= 4 is 25.7 Å². The molecule has 3 N–H and O–H groups in total. The molecule has 12 heteroatoms. The van der Waals surface area contributed by atoms with E-state index in [1.807, 2.05) is 141 Å². The summed E-state index contributed by atoms with van der Waals surface area (Å²) >= 11 is 0. The van der Waals surface area contributed by atoms with Crippen molar-refractivity contribution in [2.75, 3.05) is 13.2 Å². The Morgan fingerprint density at radius 3 is 1.68 bits per heavy atom. The van der Waals surface area contributed by atoms with E-state index in [2.05, 4.69) is 27.9 Å². The van der Waals surface area contributed by atoms with Gasteiger partial charge in [-0.2, -0.15) is 0 Å². The molecule has 0 aromatic heterocycles. The van der Waals surface area contributed by atoms with E-state index in [4.69, 9.17) is 18.7 Å². The van der Waals surface area contributed by atoms with Crippen molar-refractivity contribution in [3.8, 4) is 11.1 Å². The molecule has 1 aliphatic rings. The zero-order valence-corrected chi connectivity index (χ0v) is 34.4. The lowest BCUT2D eigenvalue weighted by Gasteiger charge is -2.33. The molecule has 0 saturated heterocycles. The van der Waals surface area contributed by atoms with Gasteiger partial charge in [0.1, 0.15) is 31.6 Å². The molecule has 2 unspecified atom stereocenters. The van der Waals surface area contributed by atoms with Gasteiger partial charge in [-0.3, -0.25) is 9.36 Å². The molecule has 59 heavy (non-hydrogen) atoms. The largest absolute Gasteiger partial charge is 0.460 e. The number of benzene rings is 5. The highest BCUT2D eigenvalue weighted by Gasteiger charge is 2.42. The molecule has 5 aromatic rings. The molecule has 6 rings (SSSR count). The molecule has 0 aliphatic heterocycles. The van der Waals surface area contributed by atoms with Gasteiger partial charge in [-0.05, 0) is 64.1 Å². The van der Waals surface area contributed by atoms with Crippen LogP contribution < -0.4 is 15.7 Å². The maximum absolute atomic E-state index is 15.3. The second kappa shape index (κ2) is 21.3. The molecule has 0 heterocycles. The number of hydrogen-bond acceptors (Lipinski definition) is 8. The lowest BCUT2D eigenvalue weighted by molar-refractivity contribution is -0.147. The highest BCUT2D eigenvalue weighted by molar-refractivity contribution is 7.57. The minimum Gasteiger partial charge on any atom is -0.460 e. The summed E-state index contributed by atoms with van der Waals surface area (Å²) in [6, 6.07) is 42.9. The first-order chi connectivity index (χ1) is 28.7. The molecule has 1 aliphatic carbocycles. The smallest absolute Gasteiger partial charge is 0.407 e. The van der Waals surface area contributed by atoms with Gasteiger partial charge in [-0.15, -0.1) is 0 Å². The number of fused-ring (bicyclic) bond motifs is 3. The van der Waals surface area contributed by atoms with Crippen molar-refractivity contribution in [3.63, 3.8) is 0 Å². The Hall–Kier alpha value is -5.74. The van der Waals surface area contributed by atoms with Crippen LogP contribution in [0.3, 0.4) is 0 Å². The van der Waals surface area contributed by atoms with Gasteiger partial charge in [0.15, 0.2) is 0 Å². The summed E-state index contributed by atoms with van der Waals surface area (Å²) in [5.74, 6) is -2.31. The number of alkyl carbamates (subject to hydrolysis) is 2. The number of carbonyl (C=O) groups excluding carboxylic acids is 3. The molecular formula is C47H52N3O8P. The second-order valence-electron chi connectivity index (χ2n) is 14.8. The SMILES string of the molecule is CC(C)C(NC(=O)OCC1c2ccccc2-c2ccccc21)P(=O)(N[C@@H](CCCCNC(=O)OCc1ccccc1)C(=O)OCc1ccccc1)OCc1ccccc1. The Labute approximate surface area is 346 Å². The predicted octanol–water partition coefficient (Wildman–Crippen LogP) is 9.72. The fraction of sp³-hybridized carbons (Fsp3) is 0.298. The molecule has 308 valence electrons. The van der Waals surface area contributed by atoms with Crippen molar-refractivity contribution in [2.45, 2.75) is 70.7 Å². The van der Waals surface area contributed by atoms with Crippen molar-refractivity contribution < 1.29 is 37.7 Å². The average molecular weight is 818 g/mol. The molecule has 0 radical (unpaired) electrons. The summed E-state index contributed by atoms with van der Waals surface area (Å²) in [4.78, 5) is 39.9. The van der Waals surface area contributed by atoms with Crippen LogP contribution in [-0.4, -0.2) is 43.1 Å². The Bertz CT molecular complexity index is 2120. The van der Waals surface area contributed by atoms with E-state index in [1.165, 1.54) is 0 Å². The van der Waals surface area contributed by atoms with E-state index in [-0.39, 0.29) is 38.8 Å². The molecule has 0 saturated carbocycles. The third-order valence-corrected chi connectivity index (χ3v) is 12.8. The van der Waals surface area contributed by atoms with Crippen LogP contribution in [0, 0.1) is 5.92 Å². The first-order valence-corrected chi connectivity index (χ1v) is 21.7. The maximum Gasteiger partial charge on any atom is 0.407 e. The minimum absolute atomic E-state index is 0.00739. The number of esters is 1. The normalized spacial score (nSPS) is 13.9. The van der Waals surface area contributed by atoms with Crippen LogP contribution in [0.1, 0.15) is 66.8 Å². The summed E-state index contributed by atoms with van der Waals surface area (Å²) < 4.78 is 38.6. The van der Waals surface area contributed by atoms with Crippen LogP contribution in [-0.2, 0) is 47.9 Å². The highest BCUT2D eigenvalue weighted by Crippen LogP contribution is 2.51. The Morgan fingerprint density at radius 2 is 1.12 bits per heavy atom. The first kappa shape index (κ1) is 42.9. The van der Waals surface area contributed by atoms with Gasteiger partial charge < -0.3 is 29.4 Å². The third-order valence-electron chi connectivity index (χ3n) is 10.1. The fourth-order valence-electron chi connectivity index (χ4n) is 7.07. The van der Waals surface area contributed by atoms with Crippen molar-refractivity contribution in [1.29, 1.82) is 0 Å². The summed E-state index contributed by atoms with van der Waals surface area (Å²) in [5.41, 5.74) is 6.75. The third kappa shape index (κ3) is 12.1. The first-order valence-electron chi connectivity index (χ1n) is 20.0. The average Bonchev–Trinajstić information content (AvgIpc) is 3.59. The lowest BCUT2D eigenvalue weighted by Crippen LogP contribution is -2.46. The van der Waals surface area contributed by atoms with Gasteiger partial charge >= 0.3 is 18.2 Å². The van der Waals surface area contributed by atoms with Crippen molar-refractivity contribution in [2.24, 2.45) is 5.92 Å². The van der Waals surface area contributed by atoms with E-state index < -0.39 is 43.4 Å². The van der Waals surface area contributed by atoms with Crippen LogP contribution in [0.2, 0.25) is 0 Å². The van der Waals surface area contributed by atoms with Gasteiger partial charge in [0, 0.05) is 12.5 Å². The lowest BCUT2D eigenvalue weighted by atomic mass is 9.98. The Kier molecular flexibility index (Phi) is 15.5. The summed E-state index contributed by atoms with van der Waals surface area (Å²) in [5, 5.41) is 8.66. The molecule has 0 fully saturated rings. The molecule has 5 aromatic carbocycles. The monoisotopic (exact) mass is 817 g/mol. The number of hydrogen-bond donors (Lipinski definition) is 3. The van der Waals surface area contributed by atoms with Crippen molar-refractivity contribution in [3.05, 3.63) is 167 Å². The number of carbonyl (C=O) groups is 3. The molecule has 0 spiro atoms. The van der Waals surface area contributed by atoms with E-state index in [0.717, 1.165) is 38.9 Å². The quantitative estimate of drug-likeness (QED) is 0.0303. The van der Waals surface area contributed by atoms with Crippen LogP contribution in [0.5, 0.6) is 0 Å². The second-order valence-corrected chi connectivity index (χ2v) is 17.0. The number of nitrogens with one attached hydrogen (secondary N) is 3. The Balaban J connectivity index is 1.15. The number of unbranched alkanes of at least 4 members (excludes halogenated alkanes) is 1.